The molecule has 7 nitrogen and oxygen atoms in total. The molecule has 148 valence electrons. The van der Waals surface area contributed by atoms with Crippen LogP contribution in [0.2, 0.25) is 0 Å². The van der Waals surface area contributed by atoms with Crippen LogP contribution in [-0.4, -0.2) is 53.9 Å². The Balaban J connectivity index is 1.79. The lowest BCUT2D eigenvalue weighted by Gasteiger charge is -2.34. The van der Waals surface area contributed by atoms with Crippen molar-refractivity contribution in [2.24, 2.45) is 0 Å². The molecular weight excluding hydrogens is 366 g/mol. The van der Waals surface area contributed by atoms with E-state index in [1.54, 1.807) is 17.0 Å². The zero-order valence-corrected chi connectivity index (χ0v) is 17.3. The van der Waals surface area contributed by atoms with E-state index in [-0.39, 0.29) is 17.0 Å². The van der Waals surface area contributed by atoms with Gasteiger partial charge < -0.3 is 14.2 Å². The average molecular weight is 394 g/mol. The van der Waals surface area contributed by atoms with Gasteiger partial charge in [-0.15, -0.1) is 0 Å². The summed E-state index contributed by atoms with van der Waals surface area (Å²) < 4.78 is 31.2. The van der Waals surface area contributed by atoms with Gasteiger partial charge in [-0.25, -0.2) is 18.2 Å². The largest absolute Gasteiger partial charge is 0.444 e. The first-order chi connectivity index (χ1) is 12.5. The van der Waals surface area contributed by atoms with Gasteiger partial charge in [0.1, 0.15) is 11.4 Å². The summed E-state index contributed by atoms with van der Waals surface area (Å²) in [5.41, 5.74) is 1.11. The zero-order chi connectivity index (χ0) is 20.0. The van der Waals surface area contributed by atoms with Gasteiger partial charge in [0, 0.05) is 25.4 Å². The molecule has 27 heavy (non-hydrogen) atoms. The lowest BCUT2D eigenvalue weighted by Crippen LogP contribution is -2.42. The third-order valence-corrected chi connectivity index (χ3v) is 5.86. The van der Waals surface area contributed by atoms with Crippen molar-refractivity contribution in [3.63, 3.8) is 0 Å². The van der Waals surface area contributed by atoms with Gasteiger partial charge >= 0.3 is 6.09 Å². The summed E-state index contributed by atoms with van der Waals surface area (Å²) >= 11 is 0. The standard InChI is InChI=1S/C19H27N3O4S/c1-13-20-16-12-15(27(5,24)25)6-7-17(16)22(13)14-8-10-21(11-9-14)18(23)26-19(2,3)4/h6-7,12,14H,8-11H2,1-5H3. The summed E-state index contributed by atoms with van der Waals surface area (Å²) in [6, 6.07) is 5.30. The molecule has 0 saturated carbocycles. The second-order valence-electron chi connectivity index (χ2n) is 8.15. The highest BCUT2D eigenvalue weighted by Gasteiger charge is 2.29. The number of carbonyl (C=O) groups is 1. The van der Waals surface area contributed by atoms with Crippen molar-refractivity contribution in [3.8, 4) is 0 Å². The summed E-state index contributed by atoms with van der Waals surface area (Å²) in [5, 5.41) is 0. The molecule has 0 aliphatic carbocycles. The van der Waals surface area contributed by atoms with Crippen LogP contribution in [0.3, 0.4) is 0 Å². The average Bonchev–Trinajstić information content (AvgIpc) is 2.87. The summed E-state index contributed by atoms with van der Waals surface area (Å²) in [7, 11) is -3.26. The first-order valence-corrected chi connectivity index (χ1v) is 11.0. The number of aromatic nitrogens is 2. The number of sulfone groups is 1. The Hall–Kier alpha value is -2.09. The van der Waals surface area contributed by atoms with Crippen LogP contribution in [0, 0.1) is 6.92 Å². The summed E-state index contributed by atoms with van der Waals surface area (Å²) in [6.07, 6.45) is 2.54. The van der Waals surface area contributed by atoms with E-state index in [2.05, 4.69) is 9.55 Å². The monoisotopic (exact) mass is 393 g/mol. The molecule has 0 spiro atoms. The minimum atomic E-state index is -3.26. The number of aryl methyl sites for hydroxylation is 1. The number of likely N-dealkylation sites (tertiary alicyclic amines) is 1. The Labute approximate surface area is 160 Å². The number of amides is 1. The third kappa shape index (κ3) is 4.26. The molecule has 1 aromatic carbocycles. The van der Waals surface area contributed by atoms with Crippen LogP contribution in [0.5, 0.6) is 0 Å². The molecule has 1 aliphatic rings. The Morgan fingerprint density at radius 2 is 1.85 bits per heavy atom. The molecule has 1 amide bonds. The highest BCUT2D eigenvalue weighted by atomic mass is 32.2. The normalized spacial score (nSPS) is 16.7. The van der Waals surface area contributed by atoms with Crippen molar-refractivity contribution >= 4 is 27.0 Å². The molecule has 1 saturated heterocycles. The summed E-state index contributed by atoms with van der Waals surface area (Å²) in [4.78, 5) is 18.8. The van der Waals surface area contributed by atoms with Crippen molar-refractivity contribution in [1.29, 1.82) is 0 Å². The minimum absolute atomic E-state index is 0.220. The number of rotatable bonds is 2. The van der Waals surface area contributed by atoms with E-state index in [1.807, 2.05) is 33.8 Å². The maximum Gasteiger partial charge on any atom is 0.410 e. The molecule has 8 heteroatoms. The van der Waals surface area contributed by atoms with E-state index in [0.717, 1.165) is 24.2 Å². The van der Waals surface area contributed by atoms with Crippen molar-refractivity contribution in [1.82, 2.24) is 14.5 Å². The van der Waals surface area contributed by atoms with Gasteiger partial charge in [-0.3, -0.25) is 0 Å². The molecular formula is C19H27N3O4S. The maximum absolute atomic E-state index is 12.2. The van der Waals surface area contributed by atoms with E-state index >= 15 is 0 Å². The van der Waals surface area contributed by atoms with Gasteiger partial charge in [0.15, 0.2) is 9.84 Å². The van der Waals surface area contributed by atoms with Crippen LogP contribution in [0.15, 0.2) is 23.1 Å². The quantitative estimate of drug-likeness (QED) is 0.782. The number of fused-ring (bicyclic) bond motifs is 1. The molecule has 2 heterocycles. The predicted octanol–water partition coefficient (Wildman–Crippen LogP) is 3.32. The minimum Gasteiger partial charge on any atom is -0.444 e. The molecule has 1 aliphatic heterocycles. The summed E-state index contributed by atoms with van der Waals surface area (Å²) in [6.45, 7) is 8.77. The SMILES string of the molecule is Cc1nc2cc(S(C)(=O)=O)ccc2n1C1CCN(C(=O)OC(C)(C)C)CC1. The van der Waals surface area contributed by atoms with Crippen molar-refractivity contribution < 1.29 is 17.9 Å². The molecule has 0 N–H and O–H groups in total. The van der Waals surface area contributed by atoms with Gasteiger partial charge in [0.05, 0.1) is 15.9 Å². The van der Waals surface area contributed by atoms with Gasteiger partial charge in [-0.05, 0) is 58.7 Å². The van der Waals surface area contributed by atoms with Crippen molar-refractivity contribution in [2.75, 3.05) is 19.3 Å². The number of hydrogen-bond donors (Lipinski definition) is 0. The fourth-order valence-corrected chi connectivity index (χ4v) is 4.16. The first kappa shape index (κ1) is 19.7. The smallest absolute Gasteiger partial charge is 0.410 e. The van der Waals surface area contributed by atoms with Gasteiger partial charge in [0.2, 0.25) is 0 Å². The van der Waals surface area contributed by atoms with E-state index < -0.39 is 15.4 Å². The number of imidazole rings is 1. The highest BCUT2D eigenvalue weighted by Crippen LogP contribution is 2.30. The lowest BCUT2D eigenvalue weighted by molar-refractivity contribution is 0.0189. The number of ether oxygens (including phenoxy) is 1. The van der Waals surface area contributed by atoms with E-state index in [0.29, 0.717) is 18.6 Å². The predicted molar refractivity (Wildman–Crippen MR) is 104 cm³/mol. The van der Waals surface area contributed by atoms with Crippen LogP contribution in [-0.2, 0) is 14.6 Å². The second-order valence-corrected chi connectivity index (χ2v) is 10.2. The van der Waals surface area contributed by atoms with Crippen LogP contribution >= 0.6 is 0 Å². The number of piperidine rings is 1. The van der Waals surface area contributed by atoms with Gasteiger partial charge in [-0.2, -0.15) is 0 Å². The van der Waals surface area contributed by atoms with E-state index in [4.69, 9.17) is 4.74 Å². The van der Waals surface area contributed by atoms with Crippen LogP contribution < -0.4 is 0 Å². The van der Waals surface area contributed by atoms with Gasteiger partial charge in [-0.1, -0.05) is 0 Å². The van der Waals surface area contributed by atoms with Crippen LogP contribution in [0.4, 0.5) is 4.79 Å². The van der Waals surface area contributed by atoms with Crippen molar-refractivity contribution in [2.45, 2.75) is 57.1 Å². The fraction of sp³-hybridized carbons (Fsp3) is 0.579. The molecule has 1 aromatic heterocycles. The van der Waals surface area contributed by atoms with E-state index in [9.17, 15) is 13.2 Å². The number of nitrogens with zero attached hydrogens (tertiary/aromatic N) is 3. The Bertz CT molecular complexity index is 965. The van der Waals surface area contributed by atoms with Gasteiger partial charge in [0.25, 0.3) is 0 Å². The van der Waals surface area contributed by atoms with Crippen LogP contribution in [0.25, 0.3) is 11.0 Å². The van der Waals surface area contributed by atoms with E-state index in [1.165, 1.54) is 6.26 Å². The molecule has 0 unspecified atom stereocenters. The lowest BCUT2D eigenvalue weighted by atomic mass is 10.0. The van der Waals surface area contributed by atoms with Crippen LogP contribution in [0.1, 0.15) is 45.5 Å². The number of carbonyl (C=O) groups excluding carboxylic acids is 1. The Morgan fingerprint density at radius 1 is 1.22 bits per heavy atom. The highest BCUT2D eigenvalue weighted by molar-refractivity contribution is 7.90. The second kappa shape index (κ2) is 6.82. The van der Waals surface area contributed by atoms with Crippen molar-refractivity contribution in [3.05, 3.63) is 24.0 Å². The maximum atomic E-state index is 12.2. The molecule has 1 fully saturated rings. The molecule has 0 radical (unpaired) electrons. The molecule has 0 atom stereocenters. The number of hydrogen-bond acceptors (Lipinski definition) is 5. The molecule has 2 aromatic rings. The number of benzene rings is 1. The fourth-order valence-electron chi connectivity index (χ4n) is 3.52. The molecule has 0 bridgehead atoms. The Morgan fingerprint density at radius 3 is 2.41 bits per heavy atom. The first-order valence-electron chi connectivity index (χ1n) is 9.12. The topological polar surface area (TPSA) is 81.5 Å². The Kier molecular flexibility index (Phi) is 4.96. The zero-order valence-electron chi connectivity index (χ0n) is 16.5. The molecule has 3 rings (SSSR count). The summed E-state index contributed by atoms with van der Waals surface area (Å²) in [5.74, 6) is 0.853. The third-order valence-electron chi connectivity index (χ3n) is 4.75.